The number of amides is 1. The van der Waals surface area contributed by atoms with E-state index in [0.717, 1.165) is 22.0 Å². The fourth-order valence-electron chi connectivity index (χ4n) is 3.03. The Morgan fingerprint density at radius 2 is 1.96 bits per heavy atom. The van der Waals surface area contributed by atoms with Crippen LogP contribution in [0.3, 0.4) is 0 Å². The summed E-state index contributed by atoms with van der Waals surface area (Å²) in [4.78, 5) is 12.6. The molecule has 1 amide bonds. The Morgan fingerprint density at radius 3 is 2.73 bits per heavy atom. The Kier molecular flexibility index (Phi) is 4.33. The fourth-order valence-corrected chi connectivity index (χ4v) is 4.07. The van der Waals surface area contributed by atoms with Crippen LogP contribution in [0.4, 0.5) is 0 Å². The number of thioether (sulfide) groups is 1. The van der Waals surface area contributed by atoms with E-state index in [4.69, 9.17) is 12.2 Å². The molecule has 1 fully saturated rings. The number of thiocarbonyl (C=S) groups is 1. The standard InChI is InChI=1S/C20H13N3OS2/c21-10-13-5-1-2-6-14(13)11-23-12-15(16-7-3-4-8-17(16)23)9-18-19(24)22-20(25)26-18/h1-9,12H,11H2,(H,22,24,25)/b18-9-. The van der Waals surface area contributed by atoms with Crippen molar-refractivity contribution in [2.75, 3.05) is 0 Å². The molecule has 0 saturated carbocycles. The van der Waals surface area contributed by atoms with E-state index in [9.17, 15) is 10.1 Å². The zero-order valence-electron chi connectivity index (χ0n) is 13.6. The Hall–Kier alpha value is -2.88. The molecule has 1 N–H and O–H groups in total. The van der Waals surface area contributed by atoms with Gasteiger partial charge in [0.1, 0.15) is 4.32 Å². The number of hydrogen-bond acceptors (Lipinski definition) is 4. The van der Waals surface area contributed by atoms with E-state index in [0.29, 0.717) is 21.3 Å². The monoisotopic (exact) mass is 375 g/mol. The van der Waals surface area contributed by atoms with E-state index in [2.05, 4.69) is 16.0 Å². The summed E-state index contributed by atoms with van der Waals surface area (Å²) in [7, 11) is 0. The number of aromatic nitrogens is 1. The van der Waals surface area contributed by atoms with Gasteiger partial charge in [0.15, 0.2) is 0 Å². The third-order valence-corrected chi connectivity index (χ3v) is 5.39. The number of fused-ring (bicyclic) bond motifs is 1. The lowest BCUT2D eigenvalue weighted by atomic mass is 10.1. The molecule has 0 atom stereocenters. The van der Waals surface area contributed by atoms with Crippen LogP contribution in [0.5, 0.6) is 0 Å². The predicted molar refractivity (Wildman–Crippen MR) is 109 cm³/mol. The second kappa shape index (κ2) is 6.79. The van der Waals surface area contributed by atoms with Crippen molar-refractivity contribution in [3.63, 3.8) is 0 Å². The van der Waals surface area contributed by atoms with Crippen LogP contribution in [0.15, 0.2) is 59.6 Å². The first kappa shape index (κ1) is 16.6. The van der Waals surface area contributed by atoms with Gasteiger partial charge < -0.3 is 9.88 Å². The van der Waals surface area contributed by atoms with Crippen LogP contribution in [0, 0.1) is 11.3 Å². The van der Waals surface area contributed by atoms with Crippen LogP contribution < -0.4 is 5.32 Å². The fraction of sp³-hybridized carbons (Fsp3) is 0.0500. The highest BCUT2D eigenvalue weighted by Gasteiger charge is 2.22. The van der Waals surface area contributed by atoms with Gasteiger partial charge in [-0.15, -0.1) is 0 Å². The average molecular weight is 375 g/mol. The molecule has 0 radical (unpaired) electrons. The summed E-state index contributed by atoms with van der Waals surface area (Å²) >= 11 is 6.34. The van der Waals surface area contributed by atoms with Crippen LogP contribution >= 0.6 is 24.0 Å². The Labute approximate surface area is 160 Å². The normalized spacial score (nSPS) is 15.4. The number of para-hydroxylation sites is 1. The number of rotatable bonds is 3. The van der Waals surface area contributed by atoms with Gasteiger partial charge in [0, 0.05) is 29.2 Å². The summed E-state index contributed by atoms with van der Waals surface area (Å²) in [6.07, 6.45) is 3.88. The van der Waals surface area contributed by atoms with Gasteiger partial charge in [-0.2, -0.15) is 5.26 Å². The van der Waals surface area contributed by atoms with E-state index in [1.807, 2.05) is 60.8 Å². The molecule has 3 aromatic rings. The molecule has 1 aliphatic rings. The zero-order chi connectivity index (χ0) is 18.1. The molecular formula is C20H13N3OS2. The number of hydrogen-bond donors (Lipinski definition) is 1. The van der Waals surface area contributed by atoms with Gasteiger partial charge in [-0.3, -0.25) is 4.79 Å². The largest absolute Gasteiger partial charge is 0.342 e. The highest BCUT2D eigenvalue weighted by Crippen LogP contribution is 2.30. The average Bonchev–Trinajstić information content (AvgIpc) is 3.15. The van der Waals surface area contributed by atoms with Gasteiger partial charge in [-0.1, -0.05) is 60.4 Å². The molecule has 1 aromatic heterocycles. The van der Waals surface area contributed by atoms with Crippen LogP contribution in [-0.4, -0.2) is 14.8 Å². The summed E-state index contributed by atoms with van der Waals surface area (Å²) in [6.45, 7) is 0.588. The van der Waals surface area contributed by atoms with Gasteiger partial charge in [0.25, 0.3) is 5.91 Å². The molecular weight excluding hydrogens is 362 g/mol. The van der Waals surface area contributed by atoms with Crippen molar-refractivity contribution in [3.05, 3.63) is 76.3 Å². The van der Waals surface area contributed by atoms with Crippen molar-refractivity contribution >= 4 is 51.2 Å². The molecule has 26 heavy (non-hydrogen) atoms. The van der Waals surface area contributed by atoms with Gasteiger partial charge in [-0.25, -0.2) is 0 Å². The third-order valence-electron chi connectivity index (χ3n) is 4.23. The summed E-state index contributed by atoms with van der Waals surface area (Å²) in [5, 5.41) is 13.0. The molecule has 0 unspecified atom stereocenters. The third kappa shape index (κ3) is 3.03. The lowest BCUT2D eigenvalue weighted by Gasteiger charge is -2.07. The molecule has 0 aliphatic carbocycles. The van der Waals surface area contributed by atoms with E-state index < -0.39 is 0 Å². The minimum atomic E-state index is -0.161. The Balaban J connectivity index is 1.80. The van der Waals surface area contributed by atoms with E-state index in [1.54, 1.807) is 0 Å². The number of carbonyl (C=O) groups excluding carboxylic acids is 1. The maximum Gasteiger partial charge on any atom is 0.263 e. The van der Waals surface area contributed by atoms with Gasteiger partial charge in [0.2, 0.25) is 0 Å². The molecule has 4 nitrogen and oxygen atoms in total. The van der Waals surface area contributed by atoms with Crippen molar-refractivity contribution < 1.29 is 4.79 Å². The van der Waals surface area contributed by atoms with Gasteiger partial charge in [0.05, 0.1) is 16.5 Å². The van der Waals surface area contributed by atoms with E-state index >= 15 is 0 Å². The first-order valence-electron chi connectivity index (χ1n) is 7.96. The summed E-state index contributed by atoms with van der Waals surface area (Å²) in [5.74, 6) is -0.161. The molecule has 126 valence electrons. The van der Waals surface area contributed by atoms with Crippen molar-refractivity contribution in [3.8, 4) is 6.07 Å². The maximum absolute atomic E-state index is 12.0. The Morgan fingerprint density at radius 1 is 1.19 bits per heavy atom. The molecule has 6 heteroatoms. The highest BCUT2D eigenvalue weighted by molar-refractivity contribution is 8.26. The maximum atomic E-state index is 12.0. The smallest absolute Gasteiger partial charge is 0.263 e. The minimum Gasteiger partial charge on any atom is -0.342 e. The number of nitriles is 1. The minimum absolute atomic E-state index is 0.161. The number of nitrogens with zero attached hydrogens (tertiary/aromatic N) is 2. The SMILES string of the molecule is N#Cc1ccccc1Cn1cc(/C=C2\SC(=S)NC2=O)c2ccccc21. The van der Waals surface area contributed by atoms with Crippen molar-refractivity contribution in [2.45, 2.75) is 6.54 Å². The number of benzene rings is 2. The molecule has 4 rings (SSSR count). The van der Waals surface area contributed by atoms with Crippen LogP contribution in [0.1, 0.15) is 16.7 Å². The van der Waals surface area contributed by atoms with E-state index in [-0.39, 0.29) is 5.91 Å². The second-order valence-corrected chi connectivity index (χ2v) is 7.57. The number of nitrogens with one attached hydrogen (secondary N) is 1. The molecule has 1 aliphatic heterocycles. The van der Waals surface area contributed by atoms with Gasteiger partial charge >= 0.3 is 0 Å². The molecule has 0 bridgehead atoms. The van der Waals surface area contributed by atoms with Crippen LogP contribution in [-0.2, 0) is 11.3 Å². The van der Waals surface area contributed by atoms with Crippen molar-refractivity contribution in [2.24, 2.45) is 0 Å². The van der Waals surface area contributed by atoms with E-state index in [1.165, 1.54) is 11.8 Å². The summed E-state index contributed by atoms with van der Waals surface area (Å²) in [6, 6.07) is 17.9. The first-order valence-corrected chi connectivity index (χ1v) is 9.19. The van der Waals surface area contributed by atoms with Crippen molar-refractivity contribution in [1.82, 2.24) is 9.88 Å². The van der Waals surface area contributed by atoms with Crippen LogP contribution in [0.25, 0.3) is 17.0 Å². The second-order valence-electron chi connectivity index (χ2n) is 5.85. The molecule has 0 spiro atoms. The van der Waals surface area contributed by atoms with Crippen molar-refractivity contribution in [1.29, 1.82) is 5.26 Å². The first-order chi connectivity index (χ1) is 12.7. The summed E-state index contributed by atoms with van der Waals surface area (Å²) in [5.41, 5.74) is 3.64. The molecule has 1 saturated heterocycles. The Bertz CT molecular complexity index is 1120. The highest BCUT2D eigenvalue weighted by atomic mass is 32.2. The summed E-state index contributed by atoms with van der Waals surface area (Å²) < 4.78 is 2.58. The quantitative estimate of drug-likeness (QED) is 0.554. The predicted octanol–water partition coefficient (Wildman–Crippen LogP) is 4.05. The molecule has 2 heterocycles. The lowest BCUT2D eigenvalue weighted by Crippen LogP contribution is -2.17. The molecule has 2 aromatic carbocycles. The topological polar surface area (TPSA) is 57.8 Å². The lowest BCUT2D eigenvalue weighted by molar-refractivity contribution is -0.115. The van der Waals surface area contributed by atoms with Crippen LogP contribution in [0.2, 0.25) is 0 Å². The number of carbonyl (C=O) groups is 1. The van der Waals surface area contributed by atoms with Gasteiger partial charge in [-0.05, 0) is 23.8 Å². The zero-order valence-corrected chi connectivity index (χ0v) is 15.2.